The van der Waals surface area contributed by atoms with Gasteiger partial charge in [0, 0.05) is 0 Å². The van der Waals surface area contributed by atoms with Crippen LogP contribution in [0.5, 0.6) is 0 Å². The minimum absolute atomic E-state index is 0.390. The number of ether oxygens (including phenoxy) is 1. The van der Waals surface area contributed by atoms with Crippen LogP contribution in [0.4, 0.5) is 0 Å². The molecule has 0 N–H and O–H groups in total. The molecule has 1 atom stereocenters. The highest BCUT2D eigenvalue weighted by Gasteiger charge is 2.08. The van der Waals surface area contributed by atoms with E-state index in [4.69, 9.17) is 4.74 Å². The average Bonchev–Trinajstić information content (AvgIpc) is 3.07. The fraction of sp³-hybridized carbons (Fsp3) is 0.818. The van der Waals surface area contributed by atoms with E-state index in [1.54, 1.807) is 0 Å². The van der Waals surface area contributed by atoms with Gasteiger partial charge in [-0.25, -0.2) is 0 Å². The minimum Gasteiger partial charge on any atom is -0.366 e. The molecule has 1 unspecified atom stereocenters. The summed E-state index contributed by atoms with van der Waals surface area (Å²) in [6.07, 6.45) is 50.5. The van der Waals surface area contributed by atoms with E-state index in [1.807, 2.05) is 0 Å². The molecule has 0 radical (unpaired) electrons. The second-order valence-electron chi connectivity index (χ2n) is 13.5. The second kappa shape index (κ2) is 39.9. The van der Waals surface area contributed by atoms with Gasteiger partial charge in [-0.3, -0.25) is 4.90 Å². The van der Waals surface area contributed by atoms with E-state index in [0.29, 0.717) is 12.7 Å². The van der Waals surface area contributed by atoms with Crippen LogP contribution in [0.1, 0.15) is 201 Å². The number of hydrogen-bond donors (Lipinski definition) is 0. The van der Waals surface area contributed by atoms with Crippen LogP contribution >= 0.6 is 0 Å². The molecule has 0 heterocycles. The predicted molar refractivity (Wildman–Crippen MR) is 209 cm³/mol. The number of unbranched alkanes of at least 4 members (excludes halogenated alkanes) is 20. The molecule has 0 bridgehead atoms. The SMILES string of the molecule is CCCCC/C=C\C/C=C\CCCCCCCCC(CCCCCCCC/C=C\CCCCCCC)OCC#CCN(CC)CC. The first-order valence-corrected chi connectivity index (χ1v) is 20.5. The van der Waals surface area contributed by atoms with Gasteiger partial charge in [-0.05, 0) is 83.7 Å². The molecule has 0 aliphatic heterocycles. The first-order valence-electron chi connectivity index (χ1n) is 20.5. The zero-order valence-electron chi connectivity index (χ0n) is 31.8. The van der Waals surface area contributed by atoms with Crippen molar-refractivity contribution in [3.8, 4) is 11.8 Å². The van der Waals surface area contributed by atoms with Crippen LogP contribution < -0.4 is 0 Å². The Labute approximate surface area is 290 Å². The number of rotatable bonds is 35. The summed E-state index contributed by atoms with van der Waals surface area (Å²) in [5, 5.41) is 0. The van der Waals surface area contributed by atoms with Crippen LogP contribution in [0.2, 0.25) is 0 Å². The molecule has 0 aliphatic carbocycles. The third kappa shape index (κ3) is 35.6. The molecular formula is C44H81NO. The Balaban J connectivity index is 4.04. The Kier molecular flexibility index (Phi) is 38.8. The highest BCUT2D eigenvalue weighted by Crippen LogP contribution is 2.17. The number of hydrogen-bond acceptors (Lipinski definition) is 2. The first kappa shape index (κ1) is 44.7. The maximum Gasteiger partial charge on any atom is 0.108 e. The molecule has 0 aliphatic rings. The average molecular weight is 640 g/mol. The van der Waals surface area contributed by atoms with Gasteiger partial charge < -0.3 is 4.74 Å². The van der Waals surface area contributed by atoms with Gasteiger partial charge in [0.05, 0.1) is 12.6 Å². The van der Waals surface area contributed by atoms with E-state index in [0.717, 1.165) is 26.1 Å². The molecular weight excluding hydrogens is 558 g/mol. The van der Waals surface area contributed by atoms with Crippen LogP contribution in [-0.2, 0) is 4.74 Å². The summed E-state index contributed by atoms with van der Waals surface area (Å²) in [5.41, 5.74) is 0. The number of allylic oxidation sites excluding steroid dienone is 6. The van der Waals surface area contributed by atoms with Gasteiger partial charge in [0.2, 0.25) is 0 Å². The molecule has 2 heteroatoms. The van der Waals surface area contributed by atoms with Gasteiger partial charge in [-0.1, -0.05) is 179 Å². The van der Waals surface area contributed by atoms with Gasteiger partial charge in [0.15, 0.2) is 0 Å². The lowest BCUT2D eigenvalue weighted by molar-refractivity contribution is 0.0606. The van der Waals surface area contributed by atoms with E-state index in [1.165, 1.54) is 167 Å². The van der Waals surface area contributed by atoms with E-state index in [9.17, 15) is 0 Å². The van der Waals surface area contributed by atoms with E-state index in [-0.39, 0.29) is 0 Å². The van der Waals surface area contributed by atoms with Gasteiger partial charge in [0.1, 0.15) is 6.61 Å². The van der Waals surface area contributed by atoms with E-state index < -0.39 is 0 Å². The smallest absolute Gasteiger partial charge is 0.108 e. The topological polar surface area (TPSA) is 12.5 Å². The summed E-state index contributed by atoms with van der Waals surface area (Å²) >= 11 is 0. The van der Waals surface area contributed by atoms with Crippen molar-refractivity contribution in [2.75, 3.05) is 26.2 Å². The van der Waals surface area contributed by atoms with Gasteiger partial charge in [-0.15, -0.1) is 0 Å². The number of nitrogens with zero attached hydrogens (tertiary/aromatic N) is 1. The third-order valence-corrected chi connectivity index (χ3v) is 9.23. The molecule has 0 fully saturated rings. The molecule has 0 aromatic carbocycles. The van der Waals surface area contributed by atoms with Crippen molar-refractivity contribution in [3.63, 3.8) is 0 Å². The fourth-order valence-electron chi connectivity index (χ4n) is 5.94. The molecule has 46 heavy (non-hydrogen) atoms. The Morgan fingerprint density at radius 1 is 0.457 bits per heavy atom. The maximum atomic E-state index is 6.32. The monoisotopic (exact) mass is 640 g/mol. The van der Waals surface area contributed by atoms with Crippen molar-refractivity contribution in [2.45, 2.75) is 207 Å². The van der Waals surface area contributed by atoms with Gasteiger partial charge in [-0.2, -0.15) is 0 Å². The van der Waals surface area contributed by atoms with E-state index >= 15 is 0 Å². The summed E-state index contributed by atoms with van der Waals surface area (Å²) in [6, 6.07) is 0. The quantitative estimate of drug-likeness (QED) is 0.0389. The molecule has 268 valence electrons. The Morgan fingerprint density at radius 3 is 1.33 bits per heavy atom. The lowest BCUT2D eigenvalue weighted by atomic mass is 10.0. The molecule has 0 aromatic rings. The molecule has 0 aromatic heterocycles. The summed E-state index contributed by atoms with van der Waals surface area (Å²) in [6.45, 7) is 12.6. The molecule has 0 amide bonds. The first-order chi connectivity index (χ1) is 22.8. The van der Waals surface area contributed by atoms with Gasteiger partial charge in [0.25, 0.3) is 0 Å². The van der Waals surface area contributed by atoms with E-state index in [2.05, 4.69) is 80.9 Å². The molecule has 0 spiro atoms. The minimum atomic E-state index is 0.390. The van der Waals surface area contributed by atoms with Crippen molar-refractivity contribution < 1.29 is 4.74 Å². The molecule has 2 nitrogen and oxygen atoms in total. The van der Waals surface area contributed by atoms with Crippen molar-refractivity contribution in [1.29, 1.82) is 0 Å². The molecule has 0 saturated carbocycles. The summed E-state index contributed by atoms with van der Waals surface area (Å²) in [7, 11) is 0. The normalized spacial score (nSPS) is 12.6. The Bertz CT molecular complexity index is 722. The highest BCUT2D eigenvalue weighted by molar-refractivity contribution is 5.01. The standard InChI is InChI=1S/C44H81NO/c1-5-9-11-13-15-17-19-21-23-25-27-29-31-33-35-37-41-44(46-43-39-38-42-45(7-3)8-4)40-36-34-32-30-28-26-24-22-20-18-16-14-12-10-6-2/h15,17,20-23,44H,5-14,16,18-19,24-37,40-43H2,1-4H3/b17-15-,22-20-,23-21-. The second-order valence-corrected chi connectivity index (χ2v) is 13.5. The van der Waals surface area contributed by atoms with Crippen LogP contribution in [0.3, 0.4) is 0 Å². The summed E-state index contributed by atoms with van der Waals surface area (Å²) in [4.78, 5) is 2.36. The summed E-state index contributed by atoms with van der Waals surface area (Å²) in [5.74, 6) is 6.62. The predicted octanol–water partition coefficient (Wildman–Crippen LogP) is 14.0. The highest BCUT2D eigenvalue weighted by atomic mass is 16.5. The maximum absolute atomic E-state index is 6.32. The fourth-order valence-corrected chi connectivity index (χ4v) is 5.94. The van der Waals surface area contributed by atoms with Crippen molar-refractivity contribution in [1.82, 2.24) is 4.90 Å². The molecule has 0 saturated heterocycles. The largest absolute Gasteiger partial charge is 0.366 e. The van der Waals surface area contributed by atoms with Crippen LogP contribution in [0.15, 0.2) is 36.5 Å². The Hall–Kier alpha value is -1.30. The summed E-state index contributed by atoms with van der Waals surface area (Å²) < 4.78 is 6.32. The Morgan fingerprint density at radius 2 is 0.848 bits per heavy atom. The van der Waals surface area contributed by atoms with Gasteiger partial charge >= 0.3 is 0 Å². The van der Waals surface area contributed by atoms with Crippen LogP contribution in [0.25, 0.3) is 0 Å². The zero-order valence-corrected chi connectivity index (χ0v) is 31.8. The molecule has 0 rings (SSSR count). The zero-order chi connectivity index (χ0) is 33.4. The van der Waals surface area contributed by atoms with Crippen molar-refractivity contribution in [2.24, 2.45) is 0 Å². The van der Waals surface area contributed by atoms with Crippen molar-refractivity contribution >= 4 is 0 Å². The van der Waals surface area contributed by atoms with Crippen molar-refractivity contribution in [3.05, 3.63) is 36.5 Å². The lowest BCUT2D eigenvalue weighted by Crippen LogP contribution is -2.23. The van der Waals surface area contributed by atoms with Crippen LogP contribution in [-0.4, -0.2) is 37.2 Å². The van der Waals surface area contributed by atoms with Crippen LogP contribution in [0, 0.1) is 11.8 Å². The lowest BCUT2D eigenvalue weighted by Gasteiger charge is -2.17. The third-order valence-electron chi connectivity index (χ3n) is 9.23.